The van der Waals surface area contributed by atoms with Gasteiger partial charge in [0.15, 0.2) is 11.5 Å². The summed E-state index contributed by atoms with van der Waals surface area (Å²) in [6, 6.07) is 13.1. The summed E-state index contributed by atoms with van der Waals surface area (Å²) >= 11 is 0. The Balaban J connectivity index is 1.46. The number of anilines is 1. The van der Waals surface area contributed by atoms with Gasteiger partial charge in [0, 0.05) is 18.3 Å². The van der Waals surface area contributed by atoms with Gasteiger partial charge in [-0.2, -0.15) is 0 Å². The number of fused-ring (bicyclic) bond motifs is 1. The van der Waals surface area contributed by atoms with E-state index in [1.807, 2.05) is 18.2 Å². The minimum absolute atomic E-state index is 0.0211. The van der Waals surface area contributed by atoms with Crippen LogP contribution >= 0.6 is 0 Å². The molecule has 2 aromatic heterocycles. The highest BCUT2D eigenvalue weighted by Crippen LogP contribution is 2.36. The number of methoxy groups -OCH3 is 1. The molecule has 9 heteroatoms. The Morgan fingerprint density at radius 3 is 2.72 bits per heavy atom. The van der Waals surface area contributed by atoms with E-state index in [9.17, 15) is 9.90 Å². The lowest BCUT2D eigenvalue weighted by Crippen LogP contribution is -2.36. The van der Waals surface area contributed by atoms with Crippen molar-refractivity contribution in [3.63, 3.8) is 0 Å². The standard InChI is InChI=1S/C27H26FN3O5/c1-34-23-13-30-27-24(25(23)31-16-7-8-19(14-32)35-15-16)21(12-29-27)26(33)20-10-9-18(11-22(20)28)36-17-5-3-2-4-6-17/h2-6,9-13,16,19,32H,7-8,14-15H2,1H3,(H2,29,30,31)/t16-,19+/m1/s1. The number of ether oxygens (including phenoxy) is 3. The molecule has 3 N–H and O–H groups in total. The highest BCUT2D eigenvalue weighted by molar-refractivity contribution is 6.19. The molecule has 5 rings (SSSR count). The van der Waals surface area contributed by atoms with Gasteiger partial charge in [0.25, 0.3) is 0 Å². The van der Waals surface area contributed by atoms with Crippen LogP contribution in [-0.4, -0.2) is 53.3 Å². The number of aliphatic hydroxyl groups excluding tert-OH is 1. The molecule has 4 aromatic rings. The van der Waals surface area contributed by atoms with Gasteiger partial charge in [-0.25, -0.2) is 9.37 Å². The molecule has 0 aliphatic carbocycles. The normalized spacial score (nSPS) is 17.6. The van der Waals surface area contributed by atoms with Crippen molar-refractivity contribution >= 4 is 22.5 Å². The lowest BCUT2D eigenvalue weighted by Gasteiger charge is -2.29. The molecule has 0 bridgehead atoms. The van der Waals surface area contributed by atoms with E-state index in [1.54, 1.807) is 24.4 Å². The van der Waals surface area contributed by atoms with E-state index in [-0.39, 0.29) is 29.9 Å². The van der Waals surface area contributed by atoms with Crippen molar-refractivity contribution < 1.29 is 28.5 Å². The first-order chi connectivity index (χ1) is 17.6. The number of carbonyl (C=O) groups excluding carboxylic acids is 1. The third kappa shape index (κ3) is 4.75. The van der Waals surface area contributed by atoms with Crippen molar-refractivity contribution in [1.82, 2.24) is 9.97 Å². The van der Waals surface area contributed by atoms with Crippen LogP contribution in [0.3, 0.4) is 0 Å². The van der Waals surface area contributed by atoms with Crippen LogP contribution in [-0.2, 0) is 4.74 Å². The summed E-state index contributed by atoms with van der Waals surface area (Å²) in [7, 11) is 1.52. The lowest BCUT2D eigenvalue weighted by atomic mass is 10.0. The third-order valence-corrected chi connectivity index (χ3v) is 6.22. The number of aliphatic hydroxyl groups is 1. The van der Waals surface area contributed by atoms with Crippen molar-refractivity contribution in [2.45, 2.75) is 25.0 Å². The maximum atomic E-state index is 15.1. The Kier molecular flexibility index (Phi) is 6.84. The number of H-pyrrole nitrogens is 1. The lowest BCUT2D eigenvalue weighted by molar-refractivity contribution is -0.0223. The van der Waals surface area contributed by atoms with E-state index in [2.05, 4.69) is 15.3 Å². The van der Waals surface area contributed by atoms with Crippen LogP contribution < -0.4 is 14.8 Å². The number of para-hydroxylation sites is 1. The number of benzene rings is 2. The molecule has 1 aliphatic rings. The Morgan fingerprint density at radius 1 is 1.19 bits per heavy atom. The highest BCUT2D eigenvalue weighted by atomic mass is 19.1. The molecule has 0 radical (unpaired) electrons. The fourth-order valence-electron chi connectivity index (χ4n) is 4.34. The monoisotopic (exact) mass is 491 g/mol. The molecular formula is C27H26FN3O5. The van der Waals surface area contributed by atoms with Crippen LogP contribution in [0.25, 0.3) is 11.0 Å². The van der Waals surface area contributed by atoms with Gasteiger partial charge in [-0.15, -0.1) is 0 Å². The van der Waals surface area contributed by atoms with Crippen LogP contribution in [0.5, 0.6) is 17.2 Å². The fourth-order valence-corrected chi connectivity index (χ4v) is 4.34. The van der Waals surface area contributed by atoms with Gasteiger partial charge in [-0.1, -0.05) is 18.2 Å². The van der Waals surface area contributed by atoms with Crippen LogP contribution in [0.1, 0.15) is 28.8 Å². The Bertz CT molecular complexity index is 1370. The zero-order valence-corrected chi connectivity index (χ0v) is 19.7. The van der Waals surface area contributed by atoms with Crippen molar-refractivity contribution in [1.29, 1.82) is 0 Å². The number of nitrogens with one attached hydrogen (secondary N) is 2. The van der Waals surface area contributed by atoms with Crippen LogP contribution in [0.2, 0.25) is 0 Å². The molecule has 0 amide bonds. The summed E-state index contributed by atoms with van der Waals surface area (Å²) in [5.74, 6) is 0.122. The minimum atomic E-state index is -0.691. The fraction of sp³-hybridized carbons (Fsp3) is 0.259. The number of nitrogens with zero attached hydrogens (tertiary/aromatic N) is 1. The number of ketones is 1. The van der Waals surface area contributed by atoms with Crippen LogP contribution in [0, 0.1) is 5.82 Å². The molecule has 1 saturated heterocycles. The zero-order chi connectivity index (χ0) is 25.1. The third-order valence-electron chi connectivity index (χ3n) is 6.22. The van der Waals surface area contributed by atoms with Gasteiger partial charge in [-0.3, -0.25) is 4.79 Å². The van der Waals surface area contributed by atoms with E-state index >= 15 is 4.39 Å². The maximum Gasteiger partial charge on any atom is 0.198 e. The van der Waals surface area contributed by atoms with Gasteiger partial charge < -0.3 is 29.6 Å². The molecule has 8 nitrogen and oxygen atoms in total. The quantitative estimate of drug-likeness (QED) is 0.307. The van der Waals surface area contributed by atoms with Gasteiger partial charge in [0.1, 0.15) is 23.0 Å². The second kappa shape index (κ2) is 10.3. The smallest absolute Gasteiger partial charge is 0.198 e. The number of aromatic nitrogens is 2. The van der Waals surface area contributed by atoms with Crippen molar-refractivity contribution in [3.05, 3.63) is 77.9 Å². The van der Waals surface area contributed by atoms with Crippen LogP contribution in [0.15, 0.2) is 60.9 Å². The van der Waals surface area contributed by atoms with Crippen LogP contribution in [0.4, 0.5) is 10.1 Å². The van der Waals surface area contributed by atoms with Gasteiger partial charge in [0.2, 0.25) is 0 Å². The van der Waals surface area contributed by atoms with Gasteiger partial charge >= 0.3 is 0 Å². The summed E-state index contributed by atoms with van der Waals surface area (Å²) in [6.07, 6.45) is 4.38. The van der Waals surface area contributed by atoms with Gasteiger partial charge in [0.05, 0.1) is 54.8 Å². The Labute approximate surface area is 207 Å². The Hall–Kier alpha value is -3.95. The van der Waals surface area contributed by atoms with Crippen molar-refractivity contribution in [2.75, 3.05) is 25.6 Å². The van der Waals surface area contributed by atoms with Gasteiger partial charge in [-0.05, 0) is 37.1 Å². The number of halogens is 1. The second-order valence-corrected chi connectivity index (χ2v) is 8.57. The average Bonchev–Trinajstić information content (AvgIpc) is 3.34. The molecule has 1 fully saturated rings. The van der Waals surface area contributed by atoms with E-state index in [1.165, 1.54) is 25.4 Å². The van der Waals surface area contributed by atoms with E-state index in [0.717, 1.165) is 6.42 Å². The number of aromatic amines is 1. The predicted molar refractivity (Wildman–Crippen MR) is 132 cm³/mol. The first-order valence-electron chi connectivity index (χ1n) is 11.7. The number of pyridine rings is 1. The molecule has 2 aromatic carbocycles. The summed E-state index contributed by atoms with van der Waals surface area (Å²) in [5, 5.41) is 13.2. The molecule has 0 spiro atoms. The Morgan fingerprint density at radius 2 is 2.03 bits per heavy atom. The summed E-state index contributed by atoms with van der Waals surface area (Å²) in [4.78, 5) is 20.9. The van der Waals surface area contributed by atoms with Crippen molar-refractivity contribution in [3.8, 4) is 17.2 Å². The predicted octanol–water partition coefficient (Wildman–Crippen LogP) is 4.69. The number of carbonyl (C=O) groups is 1. The molecule has 2 atom stereocenters. The van der Waals surface area contributed by atoms with E-state index in [0.29, 0.717) is 47.0 Å². The zero-order valence-electron chi connectivity index (χ0n) is 19.7. The first kappa shape index (κ1) is 23.8. The molecular weight excluding hydrogens is 465 g/mol. The first-order valence-corrected chi connectivity index (χ1v) is 11.7. The molecule has 1 aliphatic heterocycles. The van der Waals surface area contributed by atoms with Crippen molar-refractivity contribution in [2.24, 2.45) is 0 Å². The SMILES string of the molecule is COc1cnc2[nH]cc(C(=O)c3ccc(Oc4ccccc4)cc3F)c2c1N[C@@H]1CC[C@@H](CO)OC1. The number of hydrogen-bond donors (Lipinski definition) is 3. The summed E-state index contributed by atoms with van der Waals surface area (Å²) < 4.78 is 32.0. The average molecular weight is 492 g/mol. The minimum Gasteiger partial charge on any atom is -0.493 e. The largest absolute Gasteiger partial charge is 0.493 e. The topological polar surface area (TPSA) is 106 Å². The maximum absolute atomic E-state index is 15.1. The highest BCUT2D eigenvalue weighted by Gasteiger charge is 2.26. The molecule has 36 heavy (non-hydrogen) atoms. The summed E-state index contributed by atoms with van der Waals surface area (Å²) in [5.41, 5.74) is 1.22. The molecule has 3 heterocycles. The number of hydrogen-bond acceptors (Lipinski definition) is 7. The van der Waals surface area contributed by atoms with E-state index < -0.39 is 11.6 Å². The number of rotatable bonds is 8. The second-order valence-electron chi connectivity index (χ2n) is 8.57. The van der Waals surface area contributed by atoms with E-state index in [4.69, 9.17) is 14.2 Å². The molecule has 0 unspecified atom stereocenters. The summed E-state index contributed by atoms with van der Waals surface area (Å²) in [6.45, 7) is 0.371. The molecule has 186 valence electrons. The molecule has 0 saturated carbocycles.